The van der Waals surface area contributed by atoms with Gasteiger partial charge in [0.05, 0.1) is 6.20 Å². The zero-order chi connectivity index (χ0) is 14.8. The number of nitrogens with one attached hydrogen (secondary N) is 1. The number of fused-ring (bicyclic) bond motifs is 1. The molecule has 21 heavy (non-hydrogen) atoms. The highest BCUT2D eigenvalue weighted by Crippen LogP contribution is 2.23. The highest BCUT2D eigenvalue weighted by Gasteiger charge is 2.13. The van der Waals surface area contributed by atoms with E-state index in [2.05, 4.69) is 15.6 Å². The molecular formula is C14H14N4O3. The number of amides is 1. The van der Waals surface area contributed by atoms with Crippen LogP contribution < -0.4 is 5.32 Å². The van der Waals surface area contributed by atoms with Crippen LogP contribution in [0.2, 0.25) is 0 Å². The van der Waals surface area contributed by atoms with Crippen molar-refractivity contribution in [2.75, 3.05) is 19.4 Å². The maximum Gasteiger partial charge on any atom is 0.294 e. The summed E-state index contributed by atoms with van der Waals surface area (Å²) in [5.74, 6) is -0.189. The molecule has 1 N–H and O–H groups in total. The fourth-order valence-corrected chi connectivity index (χ4v) is 2.01. The molecule has 0 bridgehead atoms. The van der Waals surface area contributed by atoms with Crippen LogP contribution in [0.5, 0.6) is 0 Å². The molecule has 0 radical (unpaired) electrons. The molecular weight excluding hydrogens is 272 g/mol. The maximum atomic E-state index is 11.9. The van der Waals surface area contributed by atoms with Gasteiger partial charge in [0.2, 0.25) is 5.76 Å². The van der Waals surface area contributed by atoms with Crippen LogP contribution in [0.25, 0.3) is 11.0 Å². The van der Waals surface area contributed by atoms with E-state index in [4.69, 9.17) is 9.05 Å². The molecule has 1 aromatic carbocycles. The largest absolute Gasteiger partial charge is 0.356 e. The second-order valence-electron chi connectivity index (χ2n) is 4.91. The van der Waals surface area contributed by atoms with Crippen LogP contribution in [0, 0.1) is 0 Å². The van der Waals surface area contributed by atoms with E-state index in [-0.39, 0.29) is 11.7 Å². The van der Waals surface area contributed by atoms with Crippen LogP contribution >= 0.6 is 0 Å². The van der Waals surface area contributed by atoms with Gasteiger partial charge in [0.1, 0.15) is 5.69 Å². The number of carbonyl (C=O) groups is 1. The third-order valence-corrected chi connectivity index (χ3v) is 2.93. The first kappa shape index (κ1) is 13.3. The lowest BCUT2D eigenvalue weighted by molar-refractivity contribution is 0.0988. The molecule has 2 heterocycles. The molecule has 108 valence electrons. The van der Waals surface area contributed by atoms with Crippen LogP contribution in [0.3, 0.4) is 0 Å². The predicted octanol–water partition coefficient (Wildman–Crippen LogP) is 2.13. The van der Waals surface area contributed by atoms with Gasteiger partial charge in [-0.05, 0) is 32.3 Å². The molecule has 3 aromatic rings. The molecule has 0 spiro atoms. The van der Waals surface area contributed by atoms with Gasteiger partial charge in [0.25, 0.3) is 5.91 Å². The third kappa shape index (κ3) is 2.77. The monoisotopic (exact) mass is 286 g/mol. The van der Waals surface area contributed by atoms with Crippen LogP contribution in [-0.4, -0.2) is 35.2 Å². The Morgan fingerprint density at radius 2 is 2.14 bits per heavy atom. The summed E-state index contributed by atoms with van der Waals surface area (Å²) in [6.07, 6.45) is 1.42. The maximum absolute atomic E-state index is 11.9. The first-order valence-electron chi connectivity index (χ1n) is 6.38. The number of hydrogen-bond donors (Lipinski definition) is 1. The van der Waals surface area contributed by atoms with Gasteiger partial charge in [-0.25, -0.2) is 0 Å². The average Bonchev–Trinajstić information content (AvgIpc) is 3.08. The summed E-state index contributed by atoms with van der Waals surface area (Å²) in [4.78, 5) is 13.9. The van der Waals surface area contributed by atoms with Gasteiger partial charge in [-0.3, -0.25) is 4.79 Å². The summed E-state index contributed by atoms with van der Waals surface area (Å²) < 4.78 is 10.1. The molecule has 0 fully saturated rings. The molecule has 0 unspecified atom stereocenters. The molecule has 0 aliphatic rings. The van der Waals surface area contributed by atoms with Crippen molar-refractivity contribution in [3.8, 4) is 0 Å². The van der Waals surface area contributed by atoms with Crippen molar-refractivity contribution in [2.24, 2.45) is 0 Å². The van der Waals surface area contributed by atoms with Crippen molar-refractivity contribution in [2.45, 2.75) is 6.54 Å². The van der Waals surface area contributed by atoms with Gasteiger partial charge in [-0.2, -0.15) is 0 Å². The molecule has 3 rings (SSSR count). The Labute approximate surface area is 120 Å². The number of aromatic nitrogens is 2. The number of nitrogens with zero attached hydrogens (tertiary/aromatic N) is 3. The SMILES string of the molecule is CN(C)Cc1noc2ccc(NC(=O)c3ccno3)cc12. The summed E-state index contributed by atoms with van der Waals surface area (Å²) in [6, 6.07) is 6.86. The molecule has 2 aromatic heterocycles. The Hall–Kier alpha value is -2.67. The number of anilines is 1. The van der Waals surface area contributed by atoms with Crippen molar-refractivity contribution in [3.63, 3.8) is 0 Å². The molecule has 0 saturated carbocycles. The van der Waals surface area contributed by atoms with Crippen molar-refractivity contribution in [1.29, 1.82) is 0 Å². The zero-order valence-electron chi connectivity index (χ0n) is 11.7. The summed E-state index contributed by atoms with van der Waals surface area (Å²) >= 11 is 0. The van der Waals surface area contributed by atoms with Crippen LogP contribution in [0.1, 0.15) is 16.2 Å². The topological polar surface area (TPSA) is 84.4 Å². The van der Waals surface area contributed by atoms with Gasteiger partial charge < -0.3 is 19.3 Å². The Morgan fingerprint density at radius 1 is 1.29 bits per heavy atom. The second-order valence-corrected chi connectivity index (χ2v) is 4.91. The minimum absolute atomic E-state index is 0.161. The van der Waals surface area contributed by atoms with Gasteiger partial charge in [-0.1, -0.05) is 10.3 Å². The van der Waals surface area contributed by atoms with Crippen molar-refractivity contribution in [1.82, 2.24) is 15.2 Å². The zero-order valence-corrected chi connectivity index (χ0v) is 11.7. The molecule has 0 saturated heterocycles. The van der Waals surface area contributed by atoms with Gasteiger partial charge in [-0.15, -0.1) is 0 Å². The summed E-state index contributed by atoms with van der Waals surface area (Å²) in [6.45, 7) is 0.659. The van der Waals surface area contributed by atoms with Gasteiger partial charge in [0.15, 0.2) is 5.58 Å². The fourth-order valence-electron chi connectivity index (χ4n) is 2.01. The van der Waals surface area contributed by atoms with E-state index in [1.807, 2.05) is 25.1 Å². The highest BCUT2D eigenvalue weighted by molar-refractivity contribution is 6.03. The van der Waals surface area contributed by atoms with Crippen LogP contribution in [0.4, 0.5) is 5.69 Å². The number of benzene rings is 1. The van der Waals surface area contributed by atoms with Gasteiger partial charge >= 0.3 is 0 Å². The quantitative estimate of drug-likeness (QED) is 0.791. The van der Waals surface area contributed by atoms with E-state index >= 15 is 0 Å². The Morgan fingerprint density at radius 3 is 2.86 bits per heavy atom. The first-order valence-corrected chi connectivity index (χ1v) is 6.38. The smallest absolute Gasteiger partial charge is 0.294 e. The van der Waals surface area contributed by atoms with Crippen LogP contribution in [-0.2, 0) is 6.54 Å². The average molecular weight is 286 g/mol. The lowest BCUT2D eigenvalue weighted by Gasteiger charge is -2.06. The van der Waals surface area contributed by atoms with E-state index in [9.17, 15) is 4.79 Å². The number of carbonyl (C=O) groups excluding carboxylic acids is 1. The standard InChI is InChI=1S/C14H14N4O3/c1-18(2)8-11-10-7-9(3-4-12(10)21-17-11)16-14(19)13-5-6-15-20-13/h3-7H,8H2,1-2H3,(H,16,19). The Bertz CT molecular complexity index is 762. The summed E-state index contributed by atoms with van der Waals surface area (Å²) in [5.41, 5.74) is 2.15. The Balaban J connectivity index is 1.87. The second kappa shape index (κ2) is 5.37. The fraction of sp³-hybridized carbons (Fsp3) is 0.214. The van der Waals surface area contributed by atoms with E-state index in [1.54, 1.807) is 12.1 Å². The summed E-state index contributed by atoms with van der Waals surface area (Å²) in [7, 11) is 3.91. The van der Waals surface area contributed by atoms with E-state index in [1.165, 1.54) is 12.3 Å². The number of rotatable bonds is 4. The lowest BCUT2D eigenvalue weighted by atomic mass is 10.2. The van der Waals surface area contributed by atoms with Crippen molar-refractivity contribution >= 4 is 22.6 Å². The minimum Gasteiger partial charge on any atom is -0.356 e. The molecule has 7 nitrogen and oxygen atoms in total. The molecule has 0 atom stereocenters. The van der Waals surface area contributed by atoms with Crippen LogP contribution in [0.15, 0.2) is 39.5 Å². The van der Waals surface area contributed by atoms with Gasteiger partial charge in [0, 0.05) is 23.7 Å². The highest BCUT2D eigenvalue weighted by atomic mass is 16.5. The minimum atomic E-state index is -0.350. The molecule has 7 heteroatoms. The molecule has 0 aliphatic carbocycles. The molecule has 1 amide bonds. The van der Waals surface area contributed by atoms with Crippen molar-refractivity contribution < 1.29 is 13.8 Å². The number of hydrogen-bond acceptors (Lipinski definition) is 6. The lowest BCUT2D eigenvalue weighted by Crippen LogP contribution is -2.12. The van der Waals surface area contributed by atoms with Crippen molar-refractivity contribution in [3.05, 3.63) is 41.9 Å². The Kier molecular flexibility index (Phi) is 3.41. The first-order chi connectivity index (χ1) is 10.1. The third-order valence-electron chi connectivity index (χ3n) is 2.93. The predicted molar refractivity (Wildman–Crippen MR) is 75.9 cm³/mol. The van der Waals surface area contributed by atoms with E-state index in [0.717, 1.165) is 11.1 Å². The van der Waals surface area contributed by atoms with E-state index < -0.39 is 0 Å². The summed E-state index contributed by atoms with van der Waals surface area (Å²) in [5, 5.41) is 11.2. The van der Waals surface area contributed by atoms with E-state index in [0.29, 0.717) is 17.8 Å². The normalized spacial score (nSPS) is 11.2. The molecule has 0 aliphatic heterocycles.